The molecule has 0 radical (unpaired) electrons. The maximum absolute atomic E-state index is 12.4. The topological polar surface area (TPSA) is 125 Å². The number of hydrogen-bond donors (Lipinski definition) is 1. The van der Waals surface area contributed by atoms with Gasteiger partial charge in [0.25, 0.3) is 5.09 Å². The molecule has 2 atom stereocenters. The lowest BCUT2D eigenvalue weighted by atomic mass is 9.68. The largest absolute Gasteiger partial charge is 0.487 e. The van der Waals surface area contributed by atoms with Gasteiger partial charge < -0.3 is 19.4 Å². The molecule has 0 fully saturated rings. The quantitative estimate of drug-likeness (QED) is 0.0980. The van der Waals surface area contributed by atoms with E-state index in [4.69, 9.17) is 14.6 Å². The zero-order valence-electron chi connectivity index (χ0n) is 19.7. The molecule has 0 saturated heterocycles. The van der Waals surface area contributed by atoms with E-state index in [1.165, 1.54) is 5.57 Å². The number of carbonyl (C=O) groups is 2. The van der Waals surface area contributed by atoms with E-state index >= 15 is 0 Å². The number of ether oxygens (including phenoxy) is 2. The molecular weight excluding hydrogens is 442 g/mol. The Morgan fingerprint density at radius 1 is 1.26 bits per heavy atom. The number of carboxylic acid groups (broad SMARTS) is 1. The molecular formula is C25H31NO8. The number of aliphatic carboxylic acids is 1. The highest BCUT2D eigenvalue weighted by Gasteiger charge is 2.45. The van der Waals surface area contributed by atoms with Crippen LogP contribution in [0.5, 0.6) is 11.5 Å². The second kappa shape index (κ2) is 10.7. The van der Waals surface area contributed by atoms with Gasteiger partial charge in [-0.05, 0) is 70.6 Å². The normalized spacial score (nSPS) is 20.5. The zero-order valence-corrected chi connectivity index (χ0v) is 19.7. The second-order valence-electron chi connectivity index (χ2n) is 9.36. The Morgan fingerprint density at radius 2 is 2.03 bits per heavy atom. The third kappa shape index (κ3) is 6.36. The van der Waals surface area contributed by atoms with Crippen molar-refractivity contribution in [1.29, 1.82) is 0 Å². The molecule has 2 aliphatic rings. The van der Waals surface area contributed by atoms with E-state index in [1.54, 1.807) is 0 Å². The molecule has 1 N–H and O–H groups in total. The van der Waals surface area contributed by atoms with Crippen molar-refractivity contribution < 1.29 is 34.1 Å². The first kappa shape index (κ1) is 25.3. The van der Waals surface area contributed by atoms with Gasteiger partial charge in [0, 0.05) is 29.6 Å². The molecule has 0 saturated carbocycles. The first-order valence-corrected chi connectivity index (χ1v) is 11.5. The molecule has 1 aromatic rings. The lowest BCUT2D eigenvalue weighted by molar-refractivity contribution is -0.757. The minimum atomic E-state index is -1.23. The molecule has 34 heavy (non-hydrogen) atoms. The number of hydrogen-bond acceptors (Lipinski definition) is 7. The third-order valence-electron chi connectivity index (χ3n) is 6.39. The highest BCUT2D eigenvalue weighted by molar-refractivity contribution is 5.92. The Hall–Kier alpha value is -3.36. The van der Waals surface area contributed by atoms with Crippen molar-refractivity contribution in [3.05, 3.63) is 57.2 Å². The average molecular weight is 474 g/mol. The van der Waals surface area contributed by atoms with Crippen LogP contribution in [-0.4, -0.2) is 34.3 Å². The summed E-state index contributed by atoms with van der Waals surface area (Å²) in [5, 5.41) is 18.3. The lowest BCUT2D eigenvalue weighted by Crippen LogP contribution is -2.45. The molecule has 1 aliphatic heterocycles. The predicted molar refractivity (Wildman–Crippen MR) is 123 cm³/mol. The number of rotatable bonds is 10. The minimum absolute atomic E-state index is 0.0204. The van der Waals surface area contributed by atoms with Crippen LogP contribution in [0.4, 0.5) is 0 Å². The Balaban J connectivity index is 1.89. The van der Waals surface area contributed by atoms with E-state index in [0.717, 1.165) is 49.0 Å². The first-order chi connectivity index (χ1) is 16.1. The van der Waals surface area contributed by atoms with Crippen molar-refractivity contribution in [3.8, 4) is 11.5 Å². The van der Waals surface area contributed by atoms with Crippen LogP contribution in [0.25, 0.3) is 0 Å². The number of benzene rings is 1. The summed E-state index contributed by atoms with van der Waals surface area (Å²) in [4.78, 5) is 37.8. The minimum Gasteiger partial charge on any atom is -0.487 e. The van der Waals surface area contributed by atoms with Crippen molar-refractivity contribution in [2.75, 3.05) is 6.61 Å². The maximum atomic E-state index is 12.4. The van der Waals surface area contributed by atoms with Gasteiger partial charge in [0.05, 0.1) is 6.61 Å². The van der Waals surface area contributed by atoms with Gasteiger partial charge in [-0.1, -0.05) is 18.1 Å². The number of nitrogens with zero attached hydrogens (tertiary/aromatic N) is 1. The van der Waals surface area contributed by atoms with Crippen LogP contribution in [-0.2, 0) is 20.8 Å². The van der Waals surface area contributed by atoms with Crippen LogP contribution in [0.2, 0.25) is 0 Å². The molecule has 1 heterocycles. The standard InChI is InChI=1S/C25H31NO8/c1-16-8-9-19-18(13-16)24-20(33-23(29)11-10-22(27)28)14-17(15-21(24)34-25(19,2)3)7-5-4-6-12-32-26(30)31/h10-11,13-15,18-19H,4-9,12H2,1-3H3,(H,27,28)/b11-10+/t18-,19-/m1/s1. The van der Waals surface area contributed by atoms with Gasteiger partial charge >= 0.3 is 11.9 Å². The smallest absolute Gasteiger partial charge is 0.336 e. The van der Waals surface area contributed by atoms with Crippen molar-refractivity contribution in [1.82, 2.24) is 0 Å². The Bertz CT molecular complexity index is 1010. The van der Waals surface area contributed by atoms with Crippen molar-refractivity contribution in [2.45, 2.75) is 70.8 Å². The number of carbonyl (C=O) groups excluding carboxylic acids is 1. The molecule has 0 spiro atoms. The van der Waals surface area contributed by atoms with Crippen LogP contribution in [0, 0.1) is 16.0 Å². The fourth-order valence-corrected chi connectivity index (χ4v) is 4.82. The number of carboxylic acids is 1. The number of esters is 1. The van der Waals surface area contributed by atoms with Gasteiger partial charge in [0.15, 0.2) is 0 Å². The summed E-state index contributed by atoms with van der Waals surface area (Å²) in [5.41, 5.74) is 2.58. The SMILES string of the molecule is CC1=C[C@H]2c3c(OC(=O)/C=C/C(=O)O)cc(CCCCCO[N+](=O)[O-])cc3OC(C)(C)[C@@H]2CC1. The van der Waals surface area contributed by atoms with Crippen LogP contribution in [0.3, 0.4) is 0 Å². The Morgan fingerprint density at radius 3 is 2.74 bits per heavy atom. The summed E-state index contributed by atoms with van der Waals surface area (Å²) < 4.78 is 12.1. The molecule has 0 unspecified atom stereocenters. The number of unbranched alkanes of at least 4 members (excludes halogenated alkanes) is 2. The molecule has 1 aliphatic carbocycles. The van der Waals surface area contributed by atoms with Crippen molar-refractivity contribution in [3.63, 3.8) is 0 Å². The Labute approximate surface area is 198 Å². The molecule has 184 valence electrons. The average Bonchev–Trinajstić information content (AvgIpc) is 2.73. The predicted octanol–water partition coefficient (Wildman–Crippen LogP) is 4.76. The van der Waals surface area contributed by atoms with Crippen LogP contribution < -0.4 is 9.47 Å². The fourth-order valence-electron chi connectivity index (χ4n) is 4.82. The van der Waals surface area contributed by atoms with Gasteiger partial charge in [0.1, 0.15) is 17.1 Å². The zero-order chi connectivity index (χ0) is 24.9. The molecule has 9 heteroatoms. The Kier molecular flexibility index (Phi) is 7.96. The van der Waals surface area contributed by atoms with E-state index in [1.807, 2.05) is 12.1 Å². The van der Waals surface area contributed by atoms with Gasteiger partial charge in [-0.2, -0.15) is 0 Å². The highest BCUT2D eigenvalue weighted by atomic mass is 16.9. The molecule has 0 bridgehead atoms. The lowest BCUT2D eigenvalue weighted by Gasteiger charge is -2.46. The van der Waals surface area contributed by atoms with E-state index < -0.39 is 22.6 Å². The third-order valence-corrected chi connectivity index (χ3v) is 6.39. The number of allylic oxidation sites excluding steroid dienone is 2. The summed E-state index contributed by atoms with van der Waals surface area (Å²) in [5.74, 6) is -0.728. The molecule has 9 nitrogen and oxygen atoms in total. The summed E-state index contributed by atoms with van der Waals surface area (Å²) in [6.07, 6.45) is 8.52. The summed E-state index contributed by atoms with van der Waals surface area (Å²) in [7, 11) is 0. The number of fused-ring (bicyclic) bond motifs is 3. The molecule has 0 aromatic heterocycles. The van der Waals surface area contributed by atoms with Gasteiger partial charge in [-0.3, -0.25) is 0 Å². The first-order valence-electron chi connectivity index (χ1n) is 11.5. The van der Waals surface area contributed by atoms with Crippen molar-refractivity contribution >= 4 is 11.9 Å². The molecule has 1 aromatic carbocycles. The van der Waals surface area contributed by atoms with Crippen LogP contribution in [0.1, 0.15) is 69.9 Å². The second-order valence-corrected chi connectivity index (χ2v) is 9.36. The molecule has 0 amide bonds. The number of aryl methyl sites for hydroxylation is 1. The highest BCUT2D eigenvalue weighted by Crippen LogP contribution is 2.53. The van der Waals surface area contributed by atoms with E-state index in [2.05, 4.69) is 31.7 Å². The van der Waals surface area contributed by atoms with Crippen LogP contribution >= 0.6 is 0 Å². The summed E-state index contributed by atoms with van der Waals surface area (Å²) in [6.45, 7) is 6.30. The van der Waals surface area contributed by atoms with Crippen LogP contribution in [0.15, 0.2) is 35.9 Å². The monoisotopic (exact) mass is 473 g/mol. The van der Waals surface area contributed by atoms with E-state index in [9.17, 15) is 19.7 Å². The fraction of sp³-hybridized carbons (Fsp3) is 0.520. The van der Waals surface area contributed by atoms with Gasteiger partial charge in [-0.25, -0.2) is 9.59 Å². The summed E-state index contributed by atoms with van der Waals surface area (Å²) >= 11 is 0. The van der Waals surface area contributed by atoms with E-state index in [0.29, 0.717) is 24.3 Å². The van der Waals surface area contributed by atoms with Gasteiger partial charge in [-0.15, -0.1) is 10.1 Å². The maximum Gasteiger partial charge on any atom is 0.336 e. The van der Waals surface area contributed by atoms with Crippen molar-refractivity contribution in [2.24, 2.45) is 5.92 Å². The molecule has 3 rings (SSSR count). The summed E-state index contributed by atoms with van der Waals surface area (Å²) in [6, 6.07) is 3.79. The van der Waals surface area contributed by atoms with Gasteiger partial charge in [0.2, 0.25) is 0 Å². The van der Waals surface area contributed by atoms with E-state index in [-0.39, 0.29) is 18.4 Å².